The molecule has 1 aliphatic rings. The smallest absolute Gasteiger partial charge is 0.133 e. The van der Waals surface area contributed by atoms with Crippen LogP contribution in [0.3, 0.4) is 0 Å². The second-order valence-corrected chi connectivity index (χ2v) is 6.23. The number of rotatable bonds is 5. The van der Waals surface area contributed by atoms with E-state index in [-0.39, 0.29) is 0 Å². The van der Waals surface area contributed by atoms with Crippen molar-refractivity contribution in [2.75, 3.05) is 18.5 Å². The molecule has 1 aromatic heterocycles. The van der Waals surface area contributed by atoms with Crippen LogP contribution >= 0.6 is 11.8 Å². The number of nitrogens with zero attached hydrogens (tertiary/aromatic N) is 2. The third kappa shape index (κ3) is 3.60. The van der Waals surface area contributed by atoms with Crippen molar-refractivity contribution in [3.05, 3.63) is 11.4 Å². The topological polar surface area (TPSA) is 47.0 Å². The molecule has 1 aliphatic heterocycles. The van der Waals surface area contributed by atoms with Crippen molar-refractivity contribution >= 4 is 17.6 Å². The Morgan fingerprint density at radius 3 is 2.79 bits per heavy atom. The Kier molecular flexibility index (Phi) is 5.05. The van der Waals surface area contributed by atoms with E-state index in [1.54, 1.807) is 0 Å². The zero-order valence-electron chi connectivity index (χ0n) is 12.2. The van der Waals surface area contributed by atoms with E-state index in [2.05, 4.69) is 36.1 Å². The molecule has 2 atom stereocenters. The highest BCUT2D eigenvalue weighted by Gasteiger charge is 2.26. The van der Waals surface area contributed by atoms with Gasteiger partial charge in [0, 0.05) is 24.0 Å². The largest absolute Gasteiger partial charge is 0.377 e. The Labute approximate surface area is 119 Å². The molecule has 1 aromatic rings. The van der Waals surface area contributed by atoms with Crippen LogP contribution in [0, 0.1) is 13.8 Å². The number of hydrogen-bond acceptors (Lipinski definition) is 5. The van der Waals surface area contributed by atoms with E-state index in [9.17, 15) is 0 Å². The maximum atomic E-state index is 5.62. The maximum absolute atomic E-state index is 5.62. The summed E-state index contributed by atoms with van der Waals surface area (Å²) in [7, 11) is 0. The van der Waals surface area contributed by atoms with Crippen molar-refractivity contribution in [3.8, 4) is 0 Å². The number of ether oxygens (including phenoxy) is 1. The van der Waals surface area contributed by atoms with Gasteiger partial charge in [-0.05, 0) is 33.6 Å². The summed E-state index contributed by atoms with van der Waals surface area (Å²) in [4.78, 5) is 9.09. The molecule has 0 saturated carbocycles. The molecule has 1 saturated heterocycles. The molecule has 0 amide bonds. The fraction of sp³-hybridized carbons (Fsp3) is 0.714. The van der Waals surface area contributed by atoms with E-state index in [0.29, 0.717) is 11.4 Å². The normalized spacial score (nSPS) is 22.7. The summed E-state index contributed by atoms with van der Waals surface area (Å²) in [5.41, 5.74) is 1.16. The minimum absolute atomic E-state index is 0.312. The van der Waals surface area contributed by atoms with E-state index in [0.717, 1.165) is 48.2 Å². The zero-order chi connectivity index (χ0) is 13.8. The molecule has 106 valence electrons. The van der Waals surface area contributed by atoms with Crippen LogP contribution in [-0.2, 0) is 4.74 Å². The molecule has 0 spiro atoms. The van der Waals surface area contributed by atoms with Gasteiger partial charge in [-0.25, -0.2) is 9.97 Å². The average Bonchev–Trinajstić information content (AvgIpc) is 2.77. The molecular weight excluding hydrogens is 258 g/mol. The van der Waals surface area contributed by atoms with Crippen molar-refractivity contribution in [2.45, 2.75) is 56.9 Å². The zero-order valence-corrected chi connectivity index (χ0v) is 13.0. The van der Waals surface area contributed by atoms with Gasteiger partial charge in [0.05, 0.1) is 6.10 Å². The van der Waals surface area contributed by atoms with Crippen LogP contribution < -0.4 is 5.32 Å². The average molecular weight is 281 g/mol. The van der Waals surface area contributed by atoms with E-state index < -0.39 is 0 Å². The molecule has 0 bridgehead atoms. The highest BCUT2D eigenvalue weighted by molar-refractivity contribution is 8.00. The van der Waals surface area contributed by atoms with Crippen LogP contribution in [0.2, 0.25) is 0 Å². The SMILES string of the molecule is CCCNc1nc(C)nc(SC2CCOC2C)c1C. The van der Waals surface area contributed by atoms with Gasteiger partial charge in [-0.1, -0.05) is 18.7 Å². The van der Waals surface area contributed by atoms with Gasteiger partial charge in [0.2, 0.25) is 0 Å². The Morgan fingerprint density at radius 1 is 1.37 bits per heavy atom. The van der Waals surface area contributed by atoms with Gasteiger partial charge in [-0.2, -0.15) is 0 Å². The van der Waals surface area contributed by atoms with Crippen molar-refractivity contribution in [3.63, 3.8) is 0 Å². The van der Waals surface area contributed by atoms with Crippen LogP contribution in [0.25, 0.3) is 0 Å². The number of nitrogens with one attached hydrogen (secondary N) is 1. The van der Waals surface area contributed by atoms with Crippen molar-refractivity contribution in [2.24, 2.45) is 0 Å². The van der Waals surface area contributed by atoms with Gasteiger partial charge >= 0.3 is 0 Å². The highest BCUT2D eigenvalue weighted by atomic mass is 32.2. The predicted octanol–water partition coefficient (Wildman–Crippen LogP) is 3.18. The van der Waals surface area contributed by atoms with Crippen LogP contribution in [0.15, 0.2) is 5.03 Å². The van der Waals surface area contributed by atoms with Crippen LogP contribution in [0.1, 0.15) is 38.1 Å². The van der Waals surface area contributed by atoms with E-state index in [4.69, 9.17) is 4.74 Å². The standard InChI is InChI=1S/C14H23N3OS/c1-5-7-15-13-9(2)14(17-11(4)16-13)19-12-6-8-18-10(12)3/h10,12H,5-8H2,1-4H3,(H,15,16,17). The number of aryl methyl sites for hydroxylation is 1. The fourth-order valence-corrected chi connectivity index (χ4v) is 3.37. The summed E-state index contributed by atoms with van der Waals surface area (Å²) in [6, 6.07) is 0. The summed E-state index contributed by atoms with van der Waals surface area (Å²) in [6.45, 7) is 10.2. The van der Waals surface area contributed by atoms with Gasteiger partial charge in [-0.3, -0.25) is 0 Å². The van der Waals surface area contributed by atoms with E-state index in [1.807, 2.05) is 18.7 Å². The molecule has 4 nitrogen and oxygen atoms in total. The molecule has 2 unspecified atom stereocenters. The first kappa shape index (κ1) is 14.6. The Bertz CT molecular complexity index is 439. The molecule has 1 N–H and O–H groups in total. The van der Waals surface area contributed by atoms with E-state index in [1.165, 1.54) is 0 Å². The molecule has 0 radical (unpaired) electrons. The maximum Gasteiger partial charge on any atom is 0.133 e. The third-order valence-corrected chi connectivity index (χ3v) is 4.87. The van der Waals surface area contributed by atoms with Crippen molar-refractivity contribution < 1.29 is 4.74 Å². The Morgan fingerprint density at radius 2 is 2.16 bits per heavy atom. The molecule has 19 heavy (non-hydrogen) atoms. The van der Waals surface area contributed by atoms with Gasteiger partial charge in [-0.15, -0.1) is 0 Å². The highest BCUT2D eigenvalue weighted by Crippen LogP contribution is 2.34. The number of aromatic nitrogens is 2. The first-order valence-corrected chi connectivity index (χ1v) is 7.87. The molecule has 1 fully saturated rings. The summed E-state index contributed by atoms with van der Waals surface area (Å²) < 4.78 is 5.62. The predicted molar refractivity (Wildman–Crippen MR) is 80.0 cm³/mol. The third-order valence-electron chi connectivity index (χ3n) is 3.33. The second kappa shape index (κ2) is 6.57. The molecule has 2 heterocycles. The van der Waals surface area contributed by atoms with Crippen molar-refractivity contribution in [1.82, 2.24) is 9.97 Å². The molecule has 2 rings (SSSR count). The minimum atomic E-state index is 0.312. The lowest BCUT2D eigenvalue weighted by molar-refractivity contribution is 0.127. The Balaban J connectivity index is 2.17. The summed E-state index contributed by atoms with van der Waals surface area (Å²) in [5.74, 6) is 1.81. The summed E-state index contributed by atoms with van der Waals surface area (Å²) >= 11 is 1.83. The van der Waals surface area contributed by atoms with Crippen LogP contribution in [0.5, 0.6) is 0 Å². The van der Waals surface area contributed by atoms with Gasteiger partial charge in [0.1, 0.15) is 16.7 Å². The lowest BCUT2D eigenvalue weighted by Crippen LogP contribution is -2.14. The quantitative estimate of drug-likeness (QED) is 0.840. The Hall–Kier alpha value is -0.810. The molecule has 0 aliphatic carbocycles. The monoisotopic (exact) mass is 281 g/mol. The fourth-order valence-electron chi connectivity index (χ4n) is 2.14. The second-order valence-electron chi connectivity index (χ2n) is 5.00. The van der Waals surface area contributed by atoms with Crippen LogP contribution in [0.4, 0.5) is 5.82 Å². The molecule has 5 heteroatoms. The first-order chi connectivity index (χ1) is 9.11. The van der Waals surface area contributed by atoms with Crippen molar-refractivity contribution in [1.29, 1.82) is 0 Å². The van der Waals surface area contributed by atoms with Gasteiger partial charge in [0.15, 0.2) is 0 Å². The first-order valence-electron chi connectivity index (χ1n) is 6.99. The van der Waals surface area contributed by atoms with Crippen LogP contribution in [-0.4, -0.2) is 34.5 Å². The number of thioether (sulfide) groups is 1. The van der Waals surface area contributed by atoms with E-state index >= 15 is 0 Å². The summed E-state index contributed by atoms with van der Waals surface area (Å²) in [6.07, 6.45) is 2.51. The van der Waals surface area contributed by atoms with Gasteiger partial charge in [0.25, 0.3) is 0 Å². The van der Waals surface area contributed by atoms with Gasteiger partial charge < -0.3 is 10.1 Å². The molecule has 0 aromatic carbocycles. The molecular formula is C14H23N3OS. The lowest BCUT2D eigenvalue weighted by Gasteiger charge is -2.16. The number of hydrogen-bond donors (Lipinski definition) is 1. The minimum Gasteiger partial charge on any atom is -0.377 e. The lowest BCUT2D eigenvalue weighted by atomic mass is 10.3. The number of anilines is 1. The summed E-state index contributed by atoms with van der Waals surface area (Å²) in [5, 5.41) is 4.98.